The first-order valence-electron chi connectivity index (χ1n) is 7.94. The lowest BCUT2D eigenvalue weighted by Crippen LogP contribution is -2.60. The van der Waals surface area contributed by atoms with Gasteiger partial charge in [-0.25, -0.2) is 9.59 Å². The van der Waals surface area contributed by atoms with Crippen LogP contribution in [0.25, 0.3) is 0 Å². The number of hydrogen-bond donors (Lipinski definition) is 2. The summed E-state index contributed by atoms with van der Waals surface area (Å²) < 4.78 is 5.63. The molecule has 2 amide bonds. The van der Waals surface area contributed by atoms with Gasteiger partial charge in [-0.3, -0.25) is 0 Å². The number of nitrogens with zero attached hydrogens (tertiary/aromatic N) is 1. The third-order valence-electron chi connectivity index (χ3n) is 4.61. The summed E-state index contributed by atoms with van der Waals surface area (Å²) in [5, 5.41) is 12.3. The Bertz CT molecular complexity index is 382. The molecule has 2 aliphatic heterocycles. The Balaban J connectivity index is 1.82. The first-order chi connectivity index (χ1) is 10.0. The number of carbonyl (C=O) groups is 2. The van der Waals surface area contributed by atoms with Crippen molar-refractivity contribution in [1.82, 2.24) is 10.2 Å². The van der Waals surface area contributed by atoms with Gasteiger partial charge in [0, 0.05) is 19.7 Å². The largest absolute Gasteiger partial charge is 0.480 e. The van der Waals surface area contributed by atoms with E-state index in [-0.39, 0.29) is 12.1 Å². The van der Waals surface area contributed by atoms with E-state index in [4.69, 9.17) is 4.74 Å². The zero-order valence-electron chi connectivity index (χ0n) is 12.8. The van der Waals surface area contributed by atoms with E-state index in [1.165, 1.54) is 11.3 Å². The van der Waals surface area contributed by atoms with Crippen LogP contribution in [0.2, 0.25) is 0 Å². The highest BCUT2D eigenvalue weighted by Gasteiger charge is 2.43. The number of carbonyl (C=O) groups excluding carboxylic acids is 1. The van der Waals surface area contributed by atoms with Crippen molar-refractivity contribution in [3.63, 3.8) is 0 Å². The van der Waals surface area contributed by atoms with Crippen LogP contribution in [0.3, 0.4) is 0 Å². The molecule has 0 aromatic carbocycles. The van der Waals surface area contributed by atoms with Gasteiger partial charge >= 0.3 is 12.0 Å². The quantitative estimate of drug-likeness (QED) is 0.832. The Hall–Kier alpha value is -1.30. The predicted octanol–water partition coefficient (Wildman–Crippen LogP) is 1.98. The molecule has 0 aromatic heterocycles. The molecule has 0 radical (unpaired) electrons. The fourth-order valence-corrected chi connectivity index (χ4v) is 3.14. The van der Waals surface area contributed by atoms with Crippen molar-refractivity contribution in [2.24, 2.45) is 0 Å². The van der Waals surface area contributed by atoms with Crippen LogP contribution < -0.4 is 5.32 Å². The molecule has 0 spiro atoms. The average molecular weight is 298 g/mol. The van der Waals surface area contributed by atoms with Gasteiger partial charge in [0.15, 0.2) is 0 Å². The number of likely N-dealkylation sites (tertiary alicyclic amines) is 1. The molecule has 0 bridgehead atoms. The van der Waals surface area contributed by atoms with E-state index in [9.17, 15) is 14.7 Å². The summed E-state index contributed by atoms with van der Waals surface area (Å²) in [7, 11) is 0. The average Bonchev–Trinajstić information content (AvgIpc) is 2.48. The Morgan fingerprint density at radius 2 is 2.14 bits per heavy atom. The molecule has 0 aliphatic carbocycles. The molecule has 2 N–H and O–H groups in total. The Kier molecular flexibility index (Phi) is 5.45. The van der Waals surface area contributed by atoms with E-state index < -0.39 is 11.5 Å². The highest BCUT2D eigenvalue weighted by molar-refractivity contribution is 5.86. The topological polar surface area (TPSA) is 78.9 Å². The van der Waals surface area contributed by atoms with Gasteiger partial charge in [0.25, 0.3) is 0 Å². The van der Waals surface area contributed by atoms with Crippen LogP contribution >= 0.6 is 0 Å². The molecule has 2 rings (SSSR count). The molecule has 120 valence electrons. The van der Waals surface area contributed by atoms with Gasteiger partial charge in [-0.15, -0.1) is 0 Å². The second kappa shape index (κ2) is 7.11. The highest BCUT2D eigenvalue weighted by Crippen LogP contribution is 2.28. The van der Waals surface area contributed by atoms with Crippen molar-refractivity contribution in [2.45, 2.75) is 63.5 Å². The van der Waals surface area contributed by atoms with Gasteiger partial charge in [-0.1, -0.05) is 0 Å². The van der Waals surface area contributed by atoms with E-state index in [0.717, 1.165) is 38.7 Å². The van der Waals surface area contributed by atoms with Gasteiger partial charge in [-0.05, 0) is 51.9 Å². The summed E-state index contributed by atoms with van der Waals surface area (Å²) in [5.74, 6) is -0.923. The van der Waals surface area contributed by atoms with Crippen molar-refractivity contribution in [3.8, 4) is 0 Å². The third kappa shape index (κ3) is 3.87. The van der Waals surface area contributed by atoms with Gasteiger partial charge < -0.3 is 20.1 Å². The lowest BCUT2D eigenvalue weighted by Gasteiger charge is -2.41. The van der Waals surface area contributed by atoms with Crippen molar-refractivity contribution in [2.75, 3.05) is 19.7 Å². The number of hydrogen-bond acceptors (Lipinski definition) is 3. The van der Waals surface area contributed by atoms with Crippen LogP contribution in [0, 0.1) is 0 Å². The molecule has 2 saturated heterocycles. The minimum Gasteiger partial charge on any atom is -0.480 e. The number of carboxylic acid groups (broad SMARTS) is 1. The Morgan fingerprint density at radius 1 is 1.33 bits per heavy atom. The lowest BCUT2D eigenvalue weighted by molar-refractivity contribution is -0.150. The summed E-state index contributed by atoms with van der Waals surface area (Å²) in [6, 6.07) is -0.268. The maximum atomic E-state index is 12.3. The van der Waals surface area contributed by atoms with Crippen LogP contribution in [-0.4, -0.2) is 53.3 Å². The monoisotopic (exact) mass is 298 g/mol. The maximum Gasteiger partial charge on any atom is 0.329 e. The first-order valence-corrected chi connectivity index (χ1v) is 7.94. The molecule has 21 heavy (non-hydrogen) atoms. The summed E-state index contributed by atoms with van der Waals surface area (Å²) in [5.41, 5.74) is -1.08. The van der Waals surface area contributed by atoms with Crippen molar-refractivity contribution >= 4 is 12.0 Å². The van der Waals surface area contributed by atoms with Crippen molar-refractivity contribution in [1.29, 1.82) is 0 Å². The summed E-state index contributed by atoms with van der Waals surface area (Å²) in [6.07, 6.45) is 6.60. The maximum absolute atomic E-state index is 12.3. The number of ether oxygens (including phenoxy) is 1. The van der Waals surface area contributed by atoms with Gasteiger partial charge in [0.05, 0.1) is 6.10 Å². The first kappa shape index (κ1) is 16.1. The molecular formula is C15H26N2O4. The predicted molar refractivity (Wildman–Crippen MR) is 78.2 cm³/mol. The molecule has 2 atom stereocenters. The highest BCUT2D eigenvalue weighted by atomic mass is 16.5. The van der Waals surface area contributed by atoms with Gasteiger partial charge in [-0.2, -0.15) is 0 Å². The van der Waals surface area contributed by atoms with Crippen LogP contribution in [0.4, 0.5) is 4.79 Å². The molecule has 2 unspecified atom stereocenters. The Labute approximate surface area is 125 Å². The van der Waals surface area contributed by atoms with Crippen LogP contribution in [0.1, 0.15) is 51.9 Å². The smallest absolute Gasteiger partial charge is 0.329 e. The van der Waals surface area contributed by atoms with Crippen LogP contribution in [0.15, 0.2) is 0 Å². The molecule has 6 heteroatoms. The molecule has 2 fully saturated rings. The number of piperidine rings is 1. The second-order valence-electron chi connectivity index (χ2n) is 6.20. The number of urea groups is 1. The van der Waals surface area contributed by atoms with Crippen molar-refractivity contribution in [3.05, 3.63) is 0 Å². The minimum atomic E-state index is -1.08. The summed E-state index contributed by atoms with van der Waals surface area (Å²) in [4.78, 5) is 25.2. The fraction of sp³-hybridized carbons (Fsp3) is 0.867. The van der Waals surface area contributed by atoms with Gasteiger partial charge in [0.1, 0.15) is 5.54 Å². The van der Waals surface area contributed by atoms with E-state index >= 15 is 0 Å². The lowest BCUT2D eigenvalue weighted by atomic mass is 9.89. The fourth-order valence-electron chi connectivity index (χ4n) is 3.14. The number of nitrogens with one attached hydrogen (secondary N) is 1. The SMILES string of the molecule is CC1(C(=O)O)CCCCN1C(=O)NCCC1CCCCO1. The number of aliphatic carboxylic acids is 1. The second-order valence-corrected chi connectivity index (χ2v) is 6.20. The van der Waals surface area contributed by atoms with Crippen LogP contribution in [-0.2, 0) is 9.53 Å². The number of rotatable bonds is 4. The number of carboxylic acids is 1. The molecule has 2 aliphatic rings. The summed E-state index contributed by atoms with van der Waals surface area (Å²) >= 11 is 0. The zero-order chi connectivity index (χ0) is 15.3. The summed E-state index contributed by atoms with van der Waals surface area (Å²) in [6.45, 7) is 3.49. The zero-order valence-corrected chi connectivity index (χ0v) is 12.8. The van der Waals surface area contributed by atoms with Crippen molar-refractivity contribution < 1.29 is 19.4 Å². The molecule has 6 nitrogen and oxygen atoms in total. The van der Waals surface area contributed by atoms with E-state index in [1.54, 1.807) is 6.92 Å². The van der Waals surface area contributed by atoms with Crippen LogP contribution in [0.5, 0.6) is 0 Å². The van der Waals surface area contributed by atoms with E-state index in [2.05, 4.69) is 5.32 Å². The minimum absolute atomic E-state index is 0.228. The molecule has 0 aromatic rings. The number of amides is 2. The van der Waals surface area contributed by atoms with E-state index in [1.807, 2.05) is 0 Å². The standard InChI is InChI=1S/C15H26N2O4/c1-15(13(18)19)8-3-4-10-17(15)14(20)16-9-7-12-6-2-5-11-21-12/h12H,2-11H2,1H3,(H,16,20)(H,18,19). The Morgan fingerprint density at radius 3 is 2.81 bits per heavy atom. The van der Waals surface area contributed by atoms with E-state index in [0.29, 0.717) is 19.5 Å². The molecule has 0 saturated carbocycles. The molecular weight excluding hydrogens is 272 g/mol. The third-order valence-corrected chi connectivity index (χ3v) is 4.61. The normalized spacial score (nSPS) is 30.0. The van der Waals surface area contributed by atoms with Gasteiger partial charge in [0.2, 0.25) is 0 Å². The molecule has 2 heterocycles.